The minimum atomic E-state index is -1.02. The number of carbonyl (C=O) groups excluding carboxylic acids is 4. The Bertz CT molecular complexity index is 1230. The fraction of sp³-hybridized carbons (Fsp3) is 0.290. The van der Waals surface area contributed by atoms with Gasteiger partial charge in [0.1, 0.15) is 12.1 Å². The number of hydrogen-bond donors (Lipinski definition) is 2. The molecule has 2 N–H and O–H groups in total. The maximum Gasteiger partial charge on any atom is 0.289 e. The second-order valence-corrected chi connectivity index (χ2v) is 9.53. The molecule has 196 valence electrons. The van der Waals surface area contributed by atoms with Gasteiger partial charge in [0.15, 0.2) is 0 Å². The van der Waals surface area contributed by atoms with Crippen LogP contribution < -0.4 is 10.6 Å². The fourth-order valence-electron chi connectivity index (χ4n) is 4.68. The highest BCUT2D eigenvalue weighted by molar-refractivity contribution is 6.38. The van der Waals surface area contributed by atoms with E-state index in [1.54, 1.807) is 0 Å². The van der Waals surface area contributed by atoms with Crippen molar-refractivity contribution in [2.75, 3.05) is 6.54 Å². The lowest BCUT2D eigenvalue weighted by Crippen LogP contribution is -2.55. The summed E-state index contributed by atoms with van der Waals surface area (Å²) in [6.07, 6.45) is 2.28. The van der Waals surface area contributed by atoms with Gasteiger partial charge < -0.3 is 15.5 Å². The Morgan fingerprint density at radius 3 is 2.00 bits per heavy atom. The molecule has 4 rings (SSSR count). The van der Waals surface area contributed by atoms with Gasteiger partial charge in [-0.15, -0.1) is 0 Å². The third-order valence-corrected chi connectivity index (χ3v) is 6.72. The second kappa shape index (κ2) is 13.3. The quantitative estimate of drug-likeness (QED) is 0.288. The van der Waals surface area contributed by atoms with E-state index < -0.39 is 23.8 Å². The number of carbonyl (C=O) groups is 4. The Morgan fingerprint density at radius 1 is 0.842 bits per heavy atom. The van der Waals surface area contributed by atoms with Crippen LogP contribution in [0.3, 0.4) is 0 Å². The van der Waals surface area contributed by atoms with Crippen LogP contribution in [-0.2, 0) is 38.6 Å². The van der Waals surface area contributed by atoms with E-state index in [9.17, 15) is 19.2 Å². The molecule has 1 unspecified atom stereocenters. The van der Waals surface area contributed by atoms with Crippen molar-refractivity contribution in [1.29, 1.82) is 0 Å². The maximum atomic E-state index is 13.7. The molecule has 3 amide bonds. The van der Waals surface area contributed by atoms with Crippen molar-refractivity contribution in [1.82, 2.24) is 15.5 Å². The molecule has 1 heterocycles. The van der Waals surface area contributed by atoms with Crippen molar-refractivity contribution in [2.24, 2.45) is 0 Å². The van der Waals surface area contributed by atoms with Gasteiger partial charge in [-0.05, 0) is 36.0 Å². The normalized spacial score (nSPS) is 15.4. The predicted octanol–water partition coefficient (Wildman–Crippen LogP) is 3.22. The Morgan fingerprint density at radius 2 is 1.42 bits per heavy atom. The molecule has 0 aromatic heterocycles. The van der Waals surface area contributed by atoms with E-state index in [1.807, 2.05) is 91.0 Å². The molecule has 0 aliphatic carbocycles. The molecular weight excluding hydrogens is 478 g/mol. The number of ketones is 1. The van der Waals surface area contributed by atoms with E-state index in [0.29, 0.717) is 19.4 Å². The van der Waals surface area contributed by atoms with Crippen molar-refractivity contribution >= 4 is 23.5 Å². The lowest BCUT2D eigenvalue weighted by atomic mass is 9.98. The average Bonchev–Trinajstić information content (AvgIpc) is 3.40. The first-order chi connectivity index (χ1) is 18.5. The van der Waals surface area contributed by atoms with Crippen LogP contribution in [0.2, 0.25) is 0 Å². The Kier molecular flexibility index (Phi) is 9.40. The van der Waals surface area contributed by atoms with E-state index in [2.05, 4.69) is 10.6 Å². The first-order valence-corrected chi connectivity index (χ1v) is 13.0. The molecular formula is C31H33N3O4. The average molecular weight is 512 g/mol. The molecule has 2 atom stereocenters. The number of nitrogens with one attached hydrogen (secondary N) is 2. The Labute approximate surface area is 223 Å². The van der Waals surface area contributed by atoms with Gasteiger partial charge >= 0.3 is 0 Å². The number of aryl methyl sites for hydroxylation is 1. The lowest BCUT2D eigenvalue weighted by molar-refractivity contribution is -0.147. The van der Waals surface area contributed by atoms with Gasteiger partial charge in [-0.25, -0.2) is 0 Å². The Hall–Kier alpha value is -4.26. The van der Waals surface area contributed by atoms with Crippen LogP contribution in [0.5, 0.6) is 0 Å². The summed E-state index contributed by atoms with van der Waals surface area (Å²) in [6.45, 7) is 0.499. The van der Waals surface area contributed by atoms with Crippen LogP contribution in [0.25, 0.3) is 0 Å². The SMILES string of the molecule is O=C1CC[C@@H](C(=O)N(Cc2ccccc2)C(Cc2ccccc2)C(=O)C(=O)NCCCc2ccccc2)N1. The van der Waals surface area contributed by atoms with Crippen LogP contribution in [0.15, 0.2) is 91.0 Å². The standard InChI is InChI=1S/C31H33N3O4/c35-28-19-18-26(33-28)31(38)34(22-25-15-8-3-9-16-25)27(21-24-13-6-2-7-14-24)29(36)30(37)32-20-10-17-23-11-4-1-5-12-23/h1-9,11-16,26-27H,10,17-22H2,(H,32,37)(H,33,35)/t26-,27?/m0/s1. The number of Topliss-reactive ketones (excluding diaryl/α,β-unsaturated/α-hetero) is 1. The molecule has 38 heavy (non-hydrogen) atoms. The van der Waals surface area contributed by atoms with Crippen molar-refractivity contribution in [2.45, 2.75) is 50.7 Å². The van der Waals surface area contributed by atoms with E-state index in [1.165, 1.54) is 4.90 Å². The highest BCUT2D eigenvalue weighted by atomic mass is 16.2. The van der Waals surface area contributed by atoms with E-state index in [-0.39, 0.29) is 31.2 Å². The van der Waals surface area contributed by atoms with Crippen LogP contribution in [0.1, 0.15) is 36.0 Å². The third kappa shape index (κ3) is 7.38. The van der Waals surface area contributed by atoms with Crippen molar-refractivity contribution < 1.29 is 19.2 Å². The smallest absolute Gasteiger partial charge is 0.289 e. The minimum absolute atomic E-state index is 0.149. The predicted molar refractivity (Wildman–Crippen MR) is 145 cm³/mol. The molecule has 0 radical (unpaired) electrons. The van der Waals surface area contributed by atoms with Crippen molar-refractivity contribution in [3.05, 3.63) is 108 Å². The van der Waals surface area contributed by atoms with E-state index in [0.717, 1.165) is 23.1 Å². The molecule has 7 heteroatoms. The first-order valence-electron chi connectivity index (χ1n) is 13.0. The number of amides is 3. The van der Waals surface area contributed by atoms with Crippen LogP contribution in [-0.4, -0.2) is 47.0 Å². The van der Waals surface area contributed by atoms with Gasteiger partial charge in [0.25, 0.3) is 5.91 Å². The zero-order valence-corrected chi connectivity index (χ0v) is 21.3. The lowest BCUT2D eigenvalue weighted by Gasteiger charge is -2.33. The van der Waals surface area contributed by atoms with Crippen LogP contribution in [0, 0.1) is 0 Å². The highest BCUT2D eigenvalue weighted by Gasteiger charge is 2.38. The Balaban J connectivity index is 1.54. The molecule has 1 aliphatic rings. The van der Waals surface area contributed by atoms with Gasteiger partial charge in [0, 0.05) is 25.9 Å². The van der Waals surface area contributed by atoms with Crippen LogP contribution >= 0.6 is 0 Å². The number of hydrogen-bond acceptors (Lipinski definition) is 4. The van der Waals surface area contributed by atoms with Gasteiger partial charge in [-0.3, -0.25) is 19.2 Å². The molecule has 3 aromatic rings. The third-order valence-electron chi connectivity index (χ3n) is 6.72. The van der Waals surface area contributed by atoms with Crippen LogP contribution in [0.4, 0.5) is 0 Å². The molecule has 0 bridgehead atoms. The van der Waals surface area contributed by atoms with Gasteiger partial charge in [-0.2, -0.15) is 0 Å². The van der Waals surface area contributed by atoms with E-state index >= 15 is 0 Å². The summed E-state index contributed by atoms with van der Waals surface area (Å²) in [5, 5.41) is 5.48. The summed E-state index contributed by atoms with van der Waals surface area (Å²) < 4.78 is 0. The largest absolute Gasteiger partial charge is 0.349 e. The molecule has 7 nitrogen and oxygen atoms in total. The summed E-state index contributed by atoms with van der Waals surface area (Å²) in [5.74, 6) is -1.92. The summed E-state index contributed by atoms with van der Waals surface area (Å²) in [5.41, 5.74) is 2.83. The summed E-state index contributed by atoms with van der Waals surface area (Å²) in [7, 11) is 0. The number of rotatable bonds is 12. The summed E-state index contributed by atoms with van der Waals surface area (Å²) in [6, 6.07) is 26.9. The minimum Gasteiger partial charge on any atom is -0.349 e. The summed E-state index contributed by atoms with van der Waals surface area (Å²) in [4.78, 5) is 53.7. The number of nitrogens with zero attached hydrogens (tertiary/aromatic N) is 1. The molecule has 1 saturated heterocycles. The molecule has 3 aromatic carbocycles. The zero-order valence-electron chi connectivity index (χ0n) is 21.3. The highest BCUT2D eigenvalue weighted by Crippen LogP contribution is 2.19. The van der Waals surface area contributed by atoms with E-state index in [4.69, 9.17) is 0 Å². The van der Waals surface area contributed by atoms with Crippen molar-refractivity contribution in [3.8, 4) is 0 Å². The zero-order chi connectivity index (χ0) is 26.7. The van der Waals surface area contributed by atoms with Gasteiger partial charge in [-0.1, -0.05) is 91.0 Å². The van der Waals surface area contributed by atoms with Gasteiger partial charge in [0.05, 0.1) is 0 Å². The topological polar surface area (TPSA) is 95.6 Å². The molecule has 0 saturated carbocycles. The molecule has 1 fully saturated rings. The van der Waals surface area contributed by atoms with Gasteiger partial charge in [0.2, 0.25) is 17.6 Å². The van der Waals surface area contributed by atoms with Crippen molar-refractivity contribution in [3.63, 3.8) is 0 Å². The first kappa shape index (κ1) is 26.8. The summed E-state index contributed by atoms with van der Waals surface area (Å²) >= 11 is 0. The fourth-order valence-corrected chi connectivity index (χ4v) is 4.68. The molecule has 0 spiro atoms. The maximum absolute atomic E-state index is 13.7. The molecule has 1 aliphatic heterocycles. The number of benzene rings is 3. The monoisotopic (exact) mass is 511 g/mol. The second-order valence-electron chi connectivity index (χ2n) is 9.53.